The van der Waals surface area contributed by atoms with Crippen LogP contribution in [0, 0.1) is 5.92 Å². The lowest BCUT2D eigenvalue weighted by Gasteiger charge is -2.29. The molecule has 2 aromatic heterocycles. The number of fused-ring (bicyclic) bond motifs is 5. The van der Waals surface area contributed by atoms with E-state index in [9.17, 15) is 40.8 Å². The van der Waals surface area contributed by atoms with Crippen molar-refractivity contribution in [2.45, 2.75) is 106 Å². The van der Waals surface area contributed by atoms with Crippen molar-refractivity contribution in [1.82, 2.24) is 30.2 Å². The van der Waals surface area contributed by atoms with Crippen molar-refractivity contribution in [1.29, 1.82) is 0 Å². The number of ether oxygens (including phenoxy) is 1. The summed E-state index contributed by atoms with van der Waals surface area (Å²) >= 11 is 0. The SMILES string of the molecule is CC(=O)N[C@H]1CCCCC/C=C\[C@H]2C[C@@]2(C(=O)NS(=O)(=O)C2(C)CC2)NC(=O)[C@@H]2C[C@@H](Oc3nc(-c4ccc(C(F)(F)F)cc4)nc4c3oc3ccccc34)CN2C1=O. The molecule has 0 bridgehead atoms. The fourth-order valence-electron chi connectivity index (χ4n) is 7.93. The first-order valence-corrected chi connectivity index (χ1v) is 21.1. The summed E-state index contributed by atoms with van der Waals surface area (Å²) in [4.78, 5) is 65.6. The molecule has 0 unspecified atom stereocenters. The van der Waals surface area contributed by atoms with Gasteiger partial charge in [0.05, 0.1) is 16.9 Å². The average molecular weight is 837 g/mol. The molecule has 2 aliphatic carbocycles. The summed E-state index contributed by atoms with van der Waals surface area (Å²) in [6.07, 6.45) is 2.10. The van der Waals surface area contributed by atoms with Gasteiger partial charge in [-0.3, -0.25) is 23.9 Å². The molecule has 0 radical (unpaired) electrons. The van der Waals surface area contributed by atoms with Crippen LogP contribution in [0.1, 0.15) is 77.2 Å². The van der Waals surface area contributed by atoms with Crippen molar-refractivity contribution in [2.75, 3.05) is 6.54 Å². The van der Waals surface area contributed by atoms with Crippen LogP contribution in [0.15, 0.2) is 65.1 Å². The number of amides is 4. The highest BCUT2D eigenvalue weighted by Gasteiger charge is 2.63. The number of carbonyl (C=O) groups excluding carboxylic acids is 4. The normalized spacial score (nSPS) is 26.5. The van der Waals surface area contributed by atoms with Gasteiger partial charge in [-0.1, -0.05) is 49.3 Å². The predicted octanol–water partition coefficient (Wildman–Crippen LogP) is 5.31. The van der Waals surface area contributed by atoms with Gasteiger partial charge in [-0.2, -0.15) is 18.2 Å². The number of sulfonamides is 1. The summed E-state index contributed by atoms with van der Waals surface area (Å²) in [5.41, 5.74) is -1.30. The molecule has 59 heavy (non-hydrogen) atoms. The summed E-state index contributed by atoms with van der Waals surface area (Å²) in [5.74, 6) is -3.11. The zero-order valence-corrected chi connectivity index (χ0v) is 33.1. The van der Waals surface area contributed by atoms with Crippen LogP contribution in [0.2, 0.25) is 0 Å². The molecule has 0 spiro atoms. The number of aromatic nitrogens is 2. The number of halogens is 3. The second-order valence-corrected chi connectivity index (χ2v) is 18.4. The standard InChI is InChI=1S/C41H43F3N6O8S/c1-23(51)45-29-12-7-5-3-4-6-10-26-21-40(26,38(54)49-59(55,56)39(2)18-19-39)48-35(52)30-20-27(22-50(30)37(29)53)57-36-33-32(28-11-8-9-13-31(28)58-33)46-34(47-36)24-14-16-25(17-15-24)41(42,43)44/h6,8-11,13-17,26-27,29-30H,3-5,7,12,18-22H2,1-2H3,(H,45,51)(H,48,52)(H,49,54)/b10-6-/t26-,27+,29-,30-,40+/m0/s1. The predicted molar refractivity (Wildman–Crippen MR) is 208 cm³/mol. The molecule has 1 saturated heterocycles. The molecule has 8 rings (SSSR count). The van der Waals surface area contributed by atoms with E-state index in [1.54, 1.807) is 31.2 Å². The quantitative estimate of drug-likeness (QED) is 0.206. The van der Waals surface area contributed by atoms with Crippen LogP contribution in [-0.2, 0) is 35.4 Å². The number of nitrogens with zero attached hydrogens (tertiary/aromatic N) is 3. The minimum Gasteiger partial charge on any atom is -0.470 e. The number of furan rings is 1. The zero-order valence-electron chi connectivity index (χ0n) is 32.3. The third-order valence-electron chi connectivity index (χ3n) is 11.8. The lowest BCUT2D eigenvalue weighted by molar-refractivity contribution is -0.142. The maximum atomic E-state index is 14.5. The number of rotatable bonds is 7. The Bertz CT molecular complexity index is 2490. The van der Waals surface area contributed by atoms with E-state index in [4.69, 9.17) is 9.15 Å². The number of nitrogens with one attached hydrogen (secondary N) is 3. The number of benzene rings is 2. The highest BCUT2D eigenvalue weighted by Crippen LogP contribution is 2.48. The van der Waals surface area contributed by atoms with Crippen LogP contribution < -0.4 is 20.1 Å². The van der Waals surface area contributed by atoms with Gasteiger partial charge in [-0.15, -0.1) is 0 Å². The number of hydrogen-bond donors (Lipinski definition) is 3. The van der Waals surface area contributed by atoms with Gasteiger partial charge < -0.3 is 24.7 Å². The number of para-hydroxylation sites is 1. The monoisotopic (exact) mass is 836 g/mol. The molecule has 2 aliphatic heterocycles. The van der Waals surface area contributed by atoms with E-state index in [0.717, 1.165) is 25.0 Å². The molecule has 3 fully saturated rings. The lowest BCUT2D eigenvalue weighted by atomic mass is 10.0. The van der Waals surface area contributed by atoms with E-state index in [-0.39, 0.29) is 42.2 Å². The van der Waals surface area contributed by atoms with Gasteiger partial charge in [0.15, 0.2) is 5.82 Å². The molecule has 3 N–H and O–H groups in total. The fourth-order valence-corrected chi connectivity index (χ4v) is 9.24. The molecule has 4 heterocycles. The van der Waals surface area contributed by atoms with E-state index in [0.29, 0.717) is 48.6 Å². The van der Waals surface area contributed by atoms with Crippen molar-refractivity contribution in [3.05, 3.63) is 66.2 Å². The van der Waals surface area contributed by atoms with Crippen LogP contribution in [-0.4, -0.2) is 81.9 Å². The number of alkyl halides is 3. The lowest BCUT2D eigenvalue weighted by Crippen LogP contribution is -2.58. The first kappa shape index (κ1) is 40.3. The Kier molecular flexibility index (Phi) is 10.2. The van der Waals surface area contributed by atoms with Crippen molar-refractivity contribution in [3.8, 4) is 17.3 Å². The van der Waals surface area contributed by atoms with Crippen molar-refractivity contribution in [2.24, 2.45) is 5.92 Å². The largest absolute Gasteiger partial charge is 0.470 e. The summed E-state index contributed by atoms with van der Waals surface area (Å²) < 4.78 is 80.3. The molecule has 14 nitrogen and oxygen atoms in total. The topological polar surface area (TPSA) is 190 Å². The number of hydrogen-bond acceptors (Lipinski definition) is 10. The number of carbonyl (C=O) groups is 4. The van der Waals surface area contributed by atoms with Crippen LogP contribution in [0.25, 0.3) is 33.5 Å². The van der Waals surface area contributed by atoms with E-state index in [1.807, 2.05) is 12.2 Å². The molecule has 4 amide bonds. The Balaban J connectivity index is 1.14. The van der Waals surface area contributed by atoms with Crippen molar-refractivity contribution >= 4 is 55.7 Å². The summed E-state index contributed by atoms with van der Waals surface area (Å²) in [6, 6.07) is 9.11. The Labute approximate surface area is 337 Å². The Morgan fingerprint density at radius 2 is 1.78 bits per heavy atom. The molecule has 18 heteroatoms. The van der Waals surface area contributed by atoms with E-state index >= 15 is 0 Å². The van der Waals surface area contributed by atoms with Crippen LogP contribution in [0.4, 0.5) is 13.2 Å². The zero-order chi connectivity index (χ0) is 41.9. The Morgan fingerprint density at radius 1 is 1.03 bits per heavy atom. The molecule has 4 aromatic rings. The maximum absolute atomic E-state index is 14.5. The third kappa shape index (κ3) is 7.85. The molecule has 4 aliphatic rings. The molecule has 5 atom stereocenters. The number of allylic oxidation sites excluding steroid dienone is 1. The van der Waals surface area contributed by atoms with Gasteiger partial charge >= 0.3 is 6.18 Å². The van der Waals surface area contributed by atoms with Crippen LogP contribution >= 0.6 is 0 Å². The summed E-state index contributed by atoms with van der Waals surface area (Å²) in [7, 11) is -4.05. The van der Waals surface area contributed by atoms with Gasteiger partial charge in [-0.25, -0.2) is 13.4 Å². The van der Waals surface area contributed by atoms with Gasteiger partial charge in [0.25, 0.3) is 11.8 Å². The first-order chi connectivity index (χ1) is 28.0. The van der Waals surface area contributed by atoms with Crippen LogP contribution in [0.5, 0.6) is 5.88 Å². The fraction of sp³-hybridized carbons (Fsp3) is 0.463. The second kappa shape index (κ2) is 14.9. The highest BCUT2D eigenvalue weighted by molar-refractivity contribution is 7.91. The minimum absolute atomic E-state index is 0.0379. The molecule has 312 valence electrons. The smallest absolute Gasteiger partial charge is 0.416 e. The van der Waals surface area contributed by atoms with Crippen molar-refractivity contribution < 1.29 is 49.9 Å². The summed E-state index contributed by atoms with van der Waals surface area (Å²) in [6.45, 7) is 2.68. The van der Waals surface area contributed by atoms with E-state index in [1.165, 1.54) is 24.0 Å². The van der Waals surface area contributed by atoms with Crippen LogP contribution in [0.3, 0.4) is 0 Å². The molecule has 2 saturated carbocycles. The van der Waals surface area contributed by atoms with Gasteiger partial charge in [0.1, 0.15) is 34.8 Å². The average Bonchev–Trinajstić information content (AvgIpc) is 4.01. The van der Waals surface area contributed by atoms with E-state index < -0.39 is 79.8 Å². The summed E-state index contributed by atoms with van der Waals surface area (Å²) in [5, 5.41) is 6.14. The molecular weight excluding hydrogens is 794 g/mol. The van der Waals surface area contributed by atoms with Crippen molar-refractivity contribution in [3.63, 3.8) is 0 Å². The second-order valence-electron chi connectivity index (χ2n) is 16.2. The molecular formula is C41H43F3N6O8S. The first-order valence-electron chi connectivity index (χ1n) is 19.6. The minimum atomic E-state index is -4.56. The maximum Gasteiger partial charge on any atom is 0.416 e. The Hall–Kier alpha value is -5.52. The molecule has 2 aromatic carbocycles. The van der Waals surface area contributed by atoms with E-state index in [2.05, 4.69) is 25.3 Å². The van der Waals surface area contributed by atoms with Gasteiger partial charge in [-0.05, 0) is 69.7 Å². The van der Waals surface area contributed by atoms with Gasteiger partial charge in [0, 0.05) is 30.2 Å². The highest BCUT2D eigenvalue weighted by atomic mass is 32.2. The third-order valence-corrected chi connectivity index (χ3v) is 13.9. The van der Waals surface area contributed by atoms with Gasteiger partial charge in [0.2, 0.25) is 33.3 Å². The Morgan fingerprint density at radius 3 is 2.49 bits per heavy atom.